The van der Waals surface area contributed by atoms with Gasteiger partial charge in [-0.1, -0.05) is 26.7 Å². The van der Waals surface area contributed by atoms with Gasteiger partial charge in [0.05, 0.1) is 6.20 Å². The van der Waals surface area contributed by atoms with Crippen molar-refractivity contribution in [3.63, 3.8) is 0 Å². The van der Waals surface area contributed by atoms with E-state index in [1.54, 1.807) is 0 Å². The first-order valence-corrected chi connectivity index (χ1v) is 6.55. The average molecular weight is 238 g/mol. The molecule has 0 aliphatic carbocycles. The van der Waals surface area contributed by atoms with Gasteiger partial charge in [-0.05, 0) is 19.4 Å². The fraction of sp³-hybridized carbons (Fsp3) is 0.769. The monoisotopic (exact) mass is 238 g/mol. The molecule has 0 spiro atoms. The van der Waals surface area contributed by atoms with Crippen LogP contribution < -0.4 is 11.1 Å². The third-order valence-electron chi connectivity index (χ3n) is 3.69. The molecule has 0 fully saturated rings. The van der Waals surface area contributed by atoms with E-state index in [0.29, 0.717) is 6.54 Å². The summed E-state index contributed by atoms with van der Waals surface area (Å²) in [5, 5.41) is 7.84. The number of rotatable bonds is 7. The minimum atomic E-state index is 0.226. The second-order valence-electron chi connectivity index (χ2n) is 4.69. The lowest BCUT2D eigenvalue weighted by Gasteiger charge is -2.20. The lowest BCUT2D eigenvalue weighted by molar-refractivity contribution is 0.413. The summed E-state index contributed by atoms with van der Waals surface area (Å²) in [7, 11) is 1.97. The van der Waals surface area contributed by atoms with Crippen LogP contribution in [0.3, 0.4) is 0 Å². The molecule has 3 N–H and O–H groups in total. The van der Waals surface area contributed by atoms with E-state index in [0.717, 1.165) is 12.5 Å². The van der Waals surface area contributed by atoms with Crippen LogP contribution >= 0.6 is 0 Å². The molecular weight excluding hydrogens is 212 g/mol. The summed E-state index contributed by atoms with van der Waals surface area (Å²) in [5.41, 5.74) is 8.27. The Morgan fingerprint density at radius 3 is 2.47 bits per heavy atom. The van der Waals surface area contributed by atoms with Crippen molar-refractivity contribution in [3.8, 4) is 0 Å². The van der Waals surface area contributed by atoms with Gasteiger partial charge in [0.2, 0.25) is 0 Å². The molecule has 1 atom stereocenters. The quantitative estimate of drug-likeness (QED) is 0.761. The molecule has 4 nitrogen and oxygen atoms in total. The summed E-state index contributed by atoms with van der Waals surface area (Å²) in [6, 6.07) is 0.226. The number of hydrogen-bond acceptors (Lipinski definition) is 3. The van der Waals surface area contributed by atoms with E-state index < -0.39 is 0 Å². The first kappa shape index (κ1) is 14.2. The number of nitrogens with two attached hydrogens (primary N) is 1. The number of nitrogens with one attached hydrogen (secondary N) is 1. The molecule has 0 amide bonds. The molecule has 4 heteroatoms. The maximum atomic E-state index is 5.85. The largest absolute Gasteiger partial charge is 0.329 e. The van der Waals surface area contributed by atoms with Crippen molar-refractivity contribution in [3.05, 3.63) is 17.5 Å². The molecule has 1 rings (SSSR count). The normalized spacial score (nSPS) is 13.3. The molecular formula is C13H26N4. The van der Waals surface area contributed by atoms with Crippen LogP contribution in [-0.2, 0) is 7.05 Å². The van der Waals surface area contributed by atoms with Gasteiger partial charge in [0.15, 0.2) is 0 Å². The highest BCUT2D eigenvalue weighted by Gasteiger charge is 2.15. The Bertz CT molecular complexity index is 328. The molecule has 0 saturated heterocycles. The summed E-state index contributed by atoms with van der Waals surface area (Å²) in [5.74, 6) is 0.737. The van der Waals surface area contributed by atoms with Crippen molar-refractivity contribution < 1.29 is 0 Å². The van der Waals surface area contributed by atoms with Crippen molar-refractivity contribution in [2.75, 3.05) is 13.1 Å². The van der Waals surface area contributed by atoms with Gasteiger partial charge < -0.3 is 11.1 Å². The van der Waals surface area contributed by atoms with E-state index in [4.69, 9.17) is 5.73 Å². The molecule has 98 valence electrons. The van der Waals surface area contributed by atoms with Crippen LogP contribution in [0.4, 0.5) is 0 Å². The fourth-order valence-electron chi connectivity index (χ4n) is 2.06. The molecule has 1 aromatic heterocycles. The lowest BCUT2D eigenvalue weighted by atomic mass is 10.0. The highest BCUT2D eigenvalue weighted by atomic mass is 15.3. The molecule has 1 heterocycles. The van der Waals surface area contributed by atoms with Gasteiger partial charge in [-0.3, -0.25) is 4.68 Å². The second-order valence-corrected chi connectivity index (χ2v) is 4.69. The highest BCUT2D eigenvalue weighted by Crippen LogP contribution is 2.16. The molecule has 0 aliphatic heterocycles. The Morgan fingerprint density at radius 2 is 2.06 bits per heavy atom. The SMILES string of the molecule is CCC(CC)CNC(CN)c1cnn(C)c1C. The van der Waals surface area contributed by atoms with E-state index in [1.165, 1.54) is 24.1 Å². The van der Waals surface area contributed by atoms with Crippen LogP contribution in [0.15, 0.2) is 6.20 Å². The topological polar surface area (TPSA) is 55.9 Å². The molecule has 0 aromatic carbocycles. The van der Waals surface area contributed by atoms with Gasteiger partial charge in [-0.25, -0.2) is 0 Å². The zero-order valence-electron chi connectivity index (χ0n) is 11.5. The minimum absolute atomic E-state index is 0.226. The van der Waals surface area contributed by atoms with Gasteiger partial charge in [-0.15, -0.1) is 0 Å². The number of aromatic nitrogens is 2. The highest BCUT2D eigenvalue weighted by molar-refractivity contribution is 5.20. The van der Waals surface area contributed by atoms with Gasteiger partial charge in [0.1, 0.15) is 0 Å². The zero-order chi connectivity index (χ0) is 12.8. The van der Waals surface area contributed by atoms with Crippen LogP contribution in [-0.4, -0.2) is 22.9 Å². The van der Waals surface area contributed by atoms with Crippen LogP contribution in [0.25, 0.3) is 0 Å². The van der Waals surface area contributed by atoms with E-state index in [-0.39, 0.29) is 6.04 Å². The summed E-state index contributed by atoms with van der Waals surface area (Å²) < 4.78 is 1.90. The summed E-state index contributed by atoms with van der Waals surface area (Å²) in [6.07, 6.45) is 4.35. The fourth-order valence-corrected chi connectivity index (χ4v) is 2.06. The molecule has 0 bridgehead atoms. The summed E-state index contributed by atoms with van der Waals surface area (Å²) >= 11 is 0. The maximum Gasteiger partial charge on any atom is 0.0540 e. The predicted molar refractivity (Wildman–Crippen MR) is 71.8 cm³/mol. The molecule has 1 aromatic rings. The molecule has 0 radical (unpaired) electrons. The molecule has 17 heavy (non-hydrogen) atoms. The van der Waals surface area contributed by atoms with Crippen molar-refractivity contribution in [1.29, 1.82) is 0 Å². The van der Waals surface area contributed by atoms with E-state index in [9.17, 15) is 0 Å². The third kappa shape index (κ3) is 3.54. The van der Waals surface area contributed by atoms with Crippen LogP contribution in [0.1, 0.15) is 44.0 Å². The predicted octanol–water partition coefficient (Wildman–Crippen LogP) is 1.75. The van der Waals surface area contributed by atoms with Crippen LogP contribution in [0.5, 0.6) is 0 Å². The van der Waals surface area contributed by atoms with Crippen molar-refractivity contribution in [2.24, 2.45) is 18.7 Å². The van der Waals surface area contributed by atoms with Gasteiger partial charge >= 0.3 is 0 Å². The van der Waals surface area contributed by atoms with Gasteiger partial charge in [0.25, 0.3) is 0 Å². The zero-order valence-corrected chi connectivity index (χ0v) is 11.5. The van der Waals surface area contributed by atoms with Crippen LogP contribution in [0.2, 0.25) is 0 Å². The maximum absolute atomic E-state index is 5.85. The first-order valence-electron chi connectivity index (χ1n) is 6.55. The van der Waals surface area contributed by atoms with Gasteiger partial charge in [0, 0.05) is 30.9 Å². The van der Waals surface area contributed by atoms with Crippen molar-refractivity contribution in [1.82, 2.24) is 15.1 Å². The Balaban J connectivity index is 2.63. The van der Waals surface area contributed by atoms with Crippen LogP contribution in [0, 0.1) is 12.8 Å². The Morgan fingerprint density at radius 1 is 1.41 bits per heavy atom. The Kier molecular flexibility index (Phi) is 5.65. The minimum Gasteiger partial charge on any atom is -0.329 e. The summed E-state index contributed by atoms with van der Waals surface area (Å²) in [6.45, 7) is 8.21. The van der Waals surface area contributed by atoms with E-state index in [2.05, 4.69) is 31.2 Å². The number of hydrogen-bond donors (Lipinski definition) is 2. The molecule has 1 unspecified atom stereocenters. The van der Waals surface area contributed by atoms with E-state index >= 15 is 0 Å². The Labute approximate surface area is 105 Å². The van der Waals surface area contributed by atoms with Gasteiger partial charge in [-0.2, -0.15) is 5.10 Å². The second kappa shape index (κ2) is 6.77. The summed E-state index contributed by atoms with van der Waals surface area (Å²) in [4.78, 5) is 0. The number of nitrogens with zero attached hydrogens (tertiary/aromatic N) is 2. The third-order valence-corrected chi connectivity index (χ3v) is 3.69. The van der Waals surface area contributed by atoms with Crippen molar-refractivity contribution >= 4 is 0 Å². The smallest absolute Gasteiger partial charge is 0.0540 e. The number of aryl methyl sites for hydroxylation is 1. The first-order chi connectivity index (χ1) is 8.13. The average Bonchev–Trinajstić information content (AvgIpc) is 2.67. The van der Waals surface area contributed by atoms with Crippen molar-refractivity contribution in [2.45, 2.75) is 39.7 Å². The lowest BCUT2D eigenvalue weighted by Crippen LogP contribution is -2.32. The Hall–Kier alpha value is -0.870. The molecule has 0 aliphatic rings. The van der Waals surface area contributed by atoms with E-state index in [1.807, 2.05) is 17.9 Å². The standard InChI is InChI=1S/C13H26N4/c1-5-11(6-2)8-15-13(7-14)12-9-16-17(4)10(12)3/h9,11,13,15H,5-8,14H2,1-4H3. The molecule has 0 saturated carbocycles.